The van der Waals surface area contributed by atoms with Gasteiger partial charge in [-0.1, -0.05) is 0 Å². The fourth-order valence-corrected chi connectivity index (χ4v) is 3.10. The Labute approximate surface area is 119 Å². The number of rotatable bonds is 4. The average Bonchev–Trinajstić information content (AvgIpc) is 2.72. The molecule has 0 bridgehead atoms. The number of methoxy groups -OCH3 is 1. The van der Waals surface area contributed by atoms with Crippen LogP contribution in [-0.2, 0) is 20.9 Å². The topological polar surface area (TPSA) is 46.6 Å². The number of ether oxygens (including phenoxy) is 1. The molecule has 0 N–H and O–H groups in total. The third kappa shape index (κ3) is 3.32. The maximum Gasteiger partial charge on any atom is 0.320 e. The maximum absolute atomic E-state index is 12.2. The molecule has 0 unspecified atom stereocenters. The smallest absolute Gasteiger partial charge is 0.320 e. The molecule has 1 aromatic heterocycles. The molecule has 0 radical (unpaired) electrons. The normalized spacial score (nSPS) is 11.2. The van der Waals surface area contributed by atoms with Crippen molar-refractivity contribution in [3.8, 4) is 0 Å². The molecule has 1 aromatic rings. The Hall–Kier alpha value is -0.880. The van der Waals surface area contributed by atoms with E-state index in [-0.39, 0.29) is 5.91 Å². The fraction of sp³-hybridized carbons (Fsp3) is 0.500. The third-order valence-electron chi connectivity index (χ3n) is 2.60. The summed E-state index contributed by atoms with van der Waals surface area (Å²) in [5.74, 6) is -0.773. The van der Waals surface area contributed by atoms with Crippen LogP contribution in [0.4, 0.5) is 0 Å². The molecule has 100 valence electrons. The molecule has 0 saturated carbocycles. The second-order valence-electron chi connectivity index (χ2n) is 4.48. The van der Waals surface area contributed by atoms with Crippen LogP contribution in [0.25, 0.3) is 0 Å². The summed E-state index contributed by atoms with van der Waals surface area (Å²) in [6.07, 6.45) is 0. The summed E-state index contributed by atoms with van der Waals surface area (Å²) < 4.78 is 5.67. The first kappa shape index (κ1) is 15.2. The zero-order chi connectivity index (χ0) is 13.9. The molecule has 18 heavy (non-hydrogen) atoms. The molecule has 1 amide bonds. The van der Waals surface area contributed by atoms with Crippen molar-refractivity contribution in [1.82, 2.24) is 4.90 Å². The van der Waals surface area contributed by atoms with Crippen molar-refractivity contribution in [2.24, 2.45) is 5.41 Å². The van der Waals surface area contributed by atoms with E-state index in [1.165, 1.54) is 12.0 Å². The highest BCUT2D eigenvalue weighted by Gasteiger charge is 2.39. The largest absolute Gasteiger partial charge is 0.468 e. The lowest BCUT2D eigenvalue weighted by molar-refractivity contribution is -0.160. The van der Waals surface area contributed by atoms with E-state index in [2.05, 4.69) is 20.7 Å². The second kappa shape index (κ2) is 5.84. The molecule has 1 heterocycles. The number of amides is 1. The van der Waals surface area contributed by atoms with Crippen LogP contribution < -0.4 is 0 Å². The maximum atomic E-state index is 12.2. The van der Waals surface area contributed by atoms with Gasteiger partial charge in [0.15, 0.2) is 0 Å². The predicted octanol–water partition coefficient (Wildman–Crippen LogP) is 2.67. The van der Waals surface area contributed by atoms with E-state index in [0.29, 0.717) is 6.54 Å². The Kier molecular flexibility index (Phi) is 4.92. The second-order valence-corrected chi connectivity index (χ2v) is 7.03. The number of thiophene rings is 1. The van der Waals surface area contributed by atoms with Gasteiger partial charge in [-0.05, 0) is 41.9 Å². The Bertz CT molecular complexity index is 456. The van der Waals surface area contributed by atoms with Gasteiger partial charge in [-0.25, -0.2) is 0 Å². The highest BCUT2D eigenvalue weighted by Crippen LogP contribution is 2.25. The highest BCUT2D eigenvalue weighted by atomic mass is 79.9. The van der Waals surface area contributed by atoms with Gasteiger partial charge in [-0.3, -0.25) is 9.59 Å². The molecule has 0 aliphatic rings. The van der Waals surface area contributed by atoms with E-state index in [0.717, 1.165) is 8.66 Å². The van der Waals surface area contributed by atoms with E-state index < -0.39 is 11.4 Å². The van der Waals surface area contributed by atoms with Gasteiger partial charge in [0.05, 0.1) is 17.4 Å². The molecule has 0 aliphatic carbocycles. The quantitative estimate of drug-likeness (QED) is 0.628. The average molecular weight is 334 g/mol. The van der Waals surface area contributed by atoms with Crippen molar-refractivity contribution < 1.29 is 14.3 Å². The van der Waals surface area contributed by atoms with Crippen LogP contribution in [0.3, 0.4) is 0 Å². The number of carbonyl (C=O) groups excluding carboxylic acids is 2. The first-order valence-electron chi connectivity index (χ1n) is 5.37. The molecule has 1 rings (SSSR count). The fourth-order valence-electron chi connectivity index (χ4n) is 1.56. The number of carbonyl (C=O) groups is 2. The monoisotopic (exact) mass is 333 g/mol. The van der Waals surface area contributed by atoms with E-state index in [1.807, 2.05) is 12.1 Å². The summed E-state index contributed by atoms with van der Waals surface area (Å²) in [4.78, 5) is 26.3. The van der Waals surface area contributed by atoms with Crippen molar-refractivity contribution >= 4 is 39.1 Å². The zero-order valence-corrected chi connectivity index (χ0v) is 13.2. The van der Waals surface area contributed by atoms with Crippen molar-refractivity contribution in [2.45, 2.75) is 20.4 Å². The van der Waals surface area contributed by atoms with Crippen LogP contribution in [-0.4, -0.2) is 30.9 Å². The van der Waals surface area contributed by atoms with Crippen molar-refractivity contribution in [3.05, 3.63) is 20.8 Å². The Morgan fingerprint density at radius 2 is 2.06 bits per heavy atom. The first-order chi connectivity index (χ1) is 8.28. The van der Waals surface area contributed by atoms with Crippen LogP contribution in [0.5, 0.6) is 0 Å². The number of halogens is 1. The summed E-state index contributed by atoms with van der Waals surface area (Å²) in [7, 11) is 2.97. The molecular weight excluding hydrogens is 318 g/mol. The van der Waals surface area contributed by atoms with E-state index in [1.54, 1.807) is 32.2 Å². The van der Waals surface area contributed by atoms with Crippen molar-refractivity contribution in [3.63, 3.8) is 0 Å². The highest BCUT2D eigenvalue weighted by molar-refractivity contribution is 9.11. The lowest BCUT2D eigenvalue weighted by Crippen LogP contribution is -2.43. The van der Waals surface area contributed by atoms with Crippen molar-refractivity contribution in [1.29, 1.82) is 0 Å². The standard InChI is InChI=1S/C12H16BrNO3S/c1-12(2,11(16)17-4)10(15)14(3)7-8-5-6-9(13)18-8/h5-6H,7H2,1-4H3. The lowest BCUT2D eigenvalue weighted by Gasteiger charge is -2.26. The van der Waals surface area contributed by atoms with Gasteiger partial charge in [-0.2, -0.15) is 0 Å². The zero-order valence-electron chi connectivity index (χ0n) is 10.8. The van der Waals surface area contributed by atoms with Crippen LogP contribution in [0.15, 0.2) is 15.9 Å². The van der Waals surface area contributed by atoms with E-state index in [9.17, 15) is 9.59 Å². The summed E-state index contributed by atoms with van der Waals surface area (Å²) in [6, 6.07) is 3.88. The Morgan fingerprint density at radius 3 is 2.50 bits per heavy atom. The SMILES string of the molecule is COC(=O)C(C)(C)C(=O)N(C)Cc1ccc(Br)s1. The molecule has 0 aliphatic heterocycles. The van der Waals surface area contributed by atoms with Crippen LogP contribution in [0, 0.1) is 5.41 Å². The van der Waals surface area contributed by atoms with Gasteiger partial charge in [0.1, 0.15) is 5.41 Å². The minimum atomic E-state index is -1.15. The predicted molar refractivity (Wildman–Crippen MR) is 74.3 cm³/mol. The molecule has 0 saturated heterocycles. The summed E-state index contributed by atoms with van der Waals surface area (Å²) in [5.41, 5.74) is -1.15. The van der Waals surface area contributed by atoms with Gasteiger partial charge in [-0.15, -0.1) is 11.3 Å². The molecule has 4 nitrogen and oxygen atoms in total. The molecule has 0 spiro atoms. The van der Waals surface area contributed by atoms with Gasteiger partial charge < -0.3 is 9.64 Å². The van der Waals surface area contributed by atoms with Crippen LogP contribution in [0.1, 0.15) is 18.7 Å². The number of esters is 1. The van der Waals surface area contributed by atoms with Gasteiger partial charge in [0.25, 0.3) is 0 Å². The van der Waals surface area contributed by atoms with Crippen LogP contribution >= 0.6 is 27.3 Å². The first-order valence-corrected chi connectivity index (χ1v) is 6.98. The lowest BCUT2D eigenvalue weighted by atomic mass is 9.92. The molecule has 0 aromatic carbocycles. The molecule has 0 fully saturated rings. The van der Waals surface area contributed by atoms with Gasteiger partial charge >= 0.3 is 5.97 Å². The minimum absolute atomic E-state index is 0.251. The molecule has 6 heteroatoms. The van der Waals surface area contributed by atoms with Gasteiger partial charge in [0.2, 0.25) is 5.91 Å². The van der Waals surface area contributed by atoms with Gasteiger partial charge in [0, 0.05) is 11.9 Å². The Morgan fingerprint density at radius 1 is 1.44 bits per heavy atom. The number of nitrogens with zero attached hydrogens (tertiary/aromatic N) is 1. The number of hydrogen-bond donors (Lipinski definition) is 0. The molecular formula is C12H16BrNO3S. The Balaban J connectivity index is 2.75. The third-order valence-corrected chi connectivity index (χ3v) is 4.21. The van der Waals surface area contributed by atoms with E-state index in [4.69, 9.17) is 0 Å². The van der Waals surface area contributed by atoms with Crippen LogP contribution in [0.2, 0.25) is 0 Å². The van der Waals surface area contributed by atoms with E-state index >= 15 is 0 Å². The number of hydrogen-bond acceptors (Lipinski definition) is 4. The summed E-state index contributed by atoms with van der Waals surface area (Å²) >= 11 is 4.94. The minimum Gasteiger partial charge on any atom is -0.468 e. The summed E-state index contributed by atoms with van der Waals surface area (Å²) in [6.45, 7) is 3.62. The van der Waals surface area contributed by atoms with Crippen molar-refractivity contribution in [2.75, 3.05) is 14.2 Å². The summed E-state index contributed by atoms with van der Waals surface area (Å²) in [5, 5.41) is 0. The molecule has 0 atom stereocenters.